The molecular weight excluding hydrogens is 422 g/mol. The van der Waals surface area contributed by atoms with Crippen LogP contribution in [0.1, 0.15) is 18.4 Å². The molecular formula is C25H29N3O3S. The molecule has 5 rings (SSSR count). The lowest BCUT2D eigenvalue weighted by Gasteiger charge is -2.37. The molecule has 3 heterocycles. The van der Waals surface area contributed by atoms with E-state index in [9.17, 15) is 4.79 Å². The minimum Gasteiger partial charge on any atom is -0.431 e. The van der Waals surface area contributed by atoms with Gasteiger partial charge in [0, 0.05) is 39.3 Å². The Bertz CT molecular complexity index is 1010. The number of aromatic nitrogens is 1. The Morgan fingerprint density at radius 2 is 1.91 bits per heavy atom. The lowest BCUT2D eigenvalue weighted by Crippen LogP contribution is -2.51. The first-order valence-corrected chi connectivity index (χ1v) is 12.3. The van der Waals surface area contributed by atoms with Crippen molar-refractivity contribution in [1.82, 2.24) is 14.8 Å². The van der Waals surface area contributed by atoms with E-state index in [0.717, 1.165) is 74.6 Å². The van der Waals surface area contributed by atoms with E-state index >= 15 is 0 Å². The van der Waals surface area contributed by atoms with Crippen LogP contribution in [0, 0.1) is 5.92 Å². The van der Waals surface area contributed by atoms with Crippen LogP contribution in [0.25, 0.3) is 10.2 Å². The molecule has 1 aromatic heterocycles. The summed E-state index contributed by atoms with van der Waals surface area (Å²) in [4.78, 5) is 21.7. The molecule has 0 aliphatic carbocycles. The number of piperazine rings is 1. The van der Waals surface area contributed by atoms with Crippen molar-refractivity contribution in [2.75, 3.05) is 45.9 Å². The number of ether oxygens (including phenoxy) is 2. The quantitative estimate of drug-likeness (QED) is 0.562. The average Bonchev–Trinajstić information content (AvgIpc) is 3.26. The Morgan fingerprint density at radius 3 is 2.66 bits per heavy atom. The van der Waals surface area contributed by atoms with Crippen LogP contribution in [0.4, 0.5) is 0 Å². The normalized spacial score (nSPS) is 19.9. The van der Waals surface area contributed by atoms with Crippen LogP contribution < -0.4 is 4.74 Å². The van der Waals surface area contributed by atoms with E-state index in [2.05, 4.69) is 28.1 Å². The first-order valence-electron chi connectivity index (χ1n) is 11.5. The Kier molecular flexibility index (Phi) is 6.67. The van der Waals surface area contributed by atoms with E-state index < -0.39 is 0 Å². The minimum atomic E-state index is 0.0683. The molecule has 0 radical (unpaired) electrons. The summed E-state index contributed by atoms with van der Waals surface area (Å²) in [5.41, 5.74) is 2.26. The summed E-state index contributed by atoms with van der Waals surface area (Å²) in [6, 6.07) is 16.4. The topological polar surface area (TPSA) is 54.9 Å². The lowest BCUT2D eigenvalue weighted by molar-refractivity contribution is -0.141. The number of amides is 1. The molecule has 0 N–H and O–H groups in total. The van der Waals surface area contributed by atoms with Crippen molar-refractivity contribution in [2.24, 2.45) is 5.92 Å². The third-order valence-electron chi connectivity index (χ3n) is 6.31. The van der Waals surface area contributed by atoms with Gasteiger partial charge in [-0.1, -0.05) is 35.6 Å². The van der Waals surface area contributed by atoms with E-state index in [4.69, 9.17) is 9.47 Å². The fourth-order valence-electron chi connectivity index (χ4n) is 4.39. The third-order valence-corrected chi connectivity index (χ3v) is 7.23. The molecule has 32 heavy (non-hydrogen) atoms. The standard InChI is InChI=1S/C25H29N3O3S/c29-24(20-4-3-17-30-18-20)28-15-13-27(14-16-28)12-11-19-7-9-21(10-8-19)31-25-26-22-5-1-2-6-23(22)32-25/h1-2,5-10,20H,3-4,11-18H2. The summed E-state index contributed by atoms with van der Waals surface area (Å²) in [6.07, 6.45) is 2.96. The number of thiazole rings is 1. The Labute approximate surface area is 192 Å². The van der Waals surface area contributed by atoms with Gasteiger partial charge in [0.15, 0.2) is 0 Å². The maximum atomic E-state index is 12.7. The first-order chi connectivity index (χ1) is 15.7. The van der Waals surface area contributed by atoms with E-state index in [0.29, 0.717) is 11.8 Å². The number of para-hydroxylation sites is 1. The SMILES string of the molecule is O=C(C1CCCOC1)N1CCN(CCc2ccc(Oc3nc4ccccc4s3)cc2)CC1. The smallest absolute Gasteiger partial charge is 0.279 e. The molecule has 1 atom stereocenters. The number of hydrogen-bond donors (Lipinski definition) is 0. The van der Waals surface area contributed by atoms with Gasteiger partial charge in [0.25, 0.3) is 5.19 Å². The van der Waals surface area contributed by atoms with Gasteiger partial charge in [0.2, 0.25) is 5.91 Å². The van der Waals surface area contributed by atoms with Crippen LogP contribution >= 0.6 is 11.3 Å². The molecule has 0 saturated carbocycles. The average molecular weight is 452 g/mol. The van der Waals surface area contributed by atoms with E-state index in [1.807, 2.05) is 35.2 Å². The van der Waals surface area contributed by atoms with Gasteiger partial charge in [-0.15, -0.1) is 0 Å². The number of rotatable bonds is 6. The molecule has 7 heteroatoms. The van der Waals surface area contributed by atoms with Crippen LogP contribution in [0.5, 0.6) is 10.9 Å². The number of hydrogen-bond acceptors (Lipinski definition) is 6. The number of nitrogens with zero attached hydrogens (tertiary/aromatic N) is 3. The second-order valence-electron chi connectivity index (χ2n) is 8.52. The summed E-state index contributed by atoms with van der Waals surface area (Å²) >= 11 is 1.56. The predicted molar refractivity (Wildman–Crippen MR) is 126 cm³/mol. The van der Waals surface area contributed by atoms with Crippen molar-refractivity contribution in [3.8, 4) is 10.9 Å². The van der Waals surface area contributed by atoms with Crippen molar-refractivity contribution >= 4 is 27.5 Å². The monoisotopic (exact) mass is 451 g/mol. The number of fused-ring (bicyclic) bond motifs is 1. The number of carbonyl (C=O) groups excluding carboxylic acids is 1. The van der Waals surface area contributed by atoms with Gasteiger partial charge in [-0.3, -0.25) is 9.69 Å². The number of carbonyl (C=O) groups is 1. The molecule has 1 unspecified atom stereocenters. The molecule has 0 spiro atoms. The molecule has 2 aliphatic heterocycles. The fourth-order valence-corrected chi connectivity index (χ4v) is 5.23. The Morgan fingerprint density at radius 1 is 1.09 bits per heavy atom. The minimum absolute atomic E-state index is 0.0683. The molecule has 2 saturated heterocycles. The zero-order valence-corrected chi connectivity index (χ0v) is 19.1. The summed E-state index contributed by atoms with van der Waals surface area (Å²) < 4.78 is 12.6. The van der Waals surface area contributed by atoms with Gasteiger partial charge in [-0.25, -0.2) is 4.98 Å². The molecule has 6 nitrogen and oxygen atoms in total. The molecule has 2 aliphatic rings. The van der Waals surface area contributed by atoms with E-state index in [-0.39, 0.29) is 11.8 Å². The summed E-state index contributed by atoms with van der Waals surface area (Å²) in [6.45, 7) is 5.93. The largest absolute Gasteiger partial charge is 0.431 e. The van der Waals surface area contributed by atoms with Gasteiger partial charge in [-0.2, -0.15) is 0 Å². The van der Waals surface area contributed by atoms with Crippen LogP contribution in [-0.2, 0) is 16.0 Å². The summed E-state index contributed by atoms with van der Waals surface area (Å²) in [5.74, 6) is 1.17. The van der Waals surface area contributed by atoms with Crippen molar-refractivity contribution < 1.29 is 14.3 Å². The Balaban J connectivity index is 1.07. The van der Waals surface area contributed by atoms with Gasteiger partial charge in [0.1, 0.15) is 5.75 Å². The van der Waals surface area contributed by atoms with Crippen molar-refractivity contribution in [3.63, 3.8) is 0 Å². The lowest BCUT2D eigenvalue weighted by atomic mass is 10.0. The van der Waals surface area contributed by atoms with Crippen molar-refractivity contribution in [3.05, 3.63) is 54.1 Å². The van der Waals surface area contributed by atoms with Crippen molar-refractivity contribution in [2.45, 2.75) is 19.3 Å². The van der Waals surface area contributed by atoms with Gasteiger partial charge in [0.05, 0.1) is 22.7 Å². The van der Waals surface area contributed by atoms with Gasteiger partial charge < -0.3 is 14.4 Å². The molecule has 2 aromatic carbocycles. The van der Waals surface area contributed by atoms with Crippen LogP contribution in [0.3, 0.4) is 0 Å². The third kappa shape index (κ3) is 5.11. The highest BCUT2D eigenvalue weighted by molar-refractivity contribution is 7.20. The molecule has 168 valence electrons. The Hall–Kier alpha value is -2.48. The first kappa shape index (κ1) is 21.4. The highest BCUT2D eigenvalue weighted by Gasteiger charge is 2.28. The second kappa shape index (κ2) is 9.98. The van der Waals surface area contributed by atoms with E-state index in [1.54, 1.807) is 11.3 Å². The summed E-state index contributed by atoms with van der Waals surface area (Å²) in [7, 11) is 0. The summed E-state index contributed by atoms with van der Waals surface area (Å²) in [5, 5.41) is 0.672. The zero-order valence-electron chi connectivity index (χ0n) is 18.2. The highest BCUT2D eigenvalue weighted by Crippen LogP contribution is 2.31. The van der Waals surface area contributed by atoms with Crippen LogP contribution in [-0.4, -0.2) is 66.6 Å². The fraction of sp³-hybridized carbons (Fsp3) is 0.440. The van der Waals surface area contributed by atoms with Crippen LogP contribution in [0.15, 0.2) is 48.5 Å². The molecule has 0 bridgehead atoms. The van der Waals surface area contributed by atoms with Crippen molar-refractivity contribution in [1.29, 1.82) is 0 Å². The van der Waals surface area contributed by atoms with Gasteiger partial charge >= 0.3 is 0 Å². The zero-order chi connectivity index (χ0) is 21.8. The predicted octanol–water partition coefficient (Wildman–Crippen LogP) is 4.20. The molecule has 1 amide bonds. The molecule has 2 fully saturated rings. The second-order valence-corrected chi connectivity index (χ2v) is 9.52. The van der Waals surface area contributed by atoms with Crippen LogP contribution in [0.2, 0.25) is 0 Å². The van der Waals surface area contributed by atoms with Gasteiger partial charge in [-0.05, 0) is 49.1 Å². The molecule has 3 aromatic rings. The van der Waals surface area contributed by atoms with E-state index in [1.165, 1.54) is 5.56 Å². The number of benzene rings is 2. The highest BCUT2D eigenvalue weighted by atomic mass is 32.1. The maximum absolute atomic E-state index is 12.7. The maximum Gasteiger partial charge on any atom is 0.279 e.